The summed E-state index contributed by atoms with van der Waals surface area (Å²) in [5.74, 6) is 0. The average molecular weight is 471 g/mol. The lowest BCUT2D eigenvalue weighted by Crippen LogP contribution is -2.43. The molecule has 1 fully saturated rings. The minimum Gasteiger partial charge on any atom is -0.118 e. The van der Waals surface area contributed by atoms with Gasteiger partial charge in [0.15, 0.2) is 0 Å². The predicted molar refractivity (Wildman–Crippen MR) is 152 cm³/mol. The summed E-state index contributed by atoms with van der Waals surface area (Å²) in [5.41, 5.74) is 7.16. The van der Waals surface area contributed by atoms with Gasteiger partial charge in [-0.1, -0.05) is 105 Å². The Bertz CT molecular complexity index is 1540. The summed E-state index contributed by atoms with van der Waals surface area (Å²) in [5, 5.41) is 5.34. The van der Waals surface area contributed by atoms with Crippen LogP contribution in [0.2, 0.25) is 0 Å². The van der Waals surface area contributed by atoms with Crippen molar-refractivity contribution in [2.75, 3.05) is 0 Å². The fourth-order valence-electron chi connectivity index (χ4n) is 6.87. The molecule has 0 nitrogen and oxygen atoms in total. The largest absolute Gasteiger partial charge is 0.118 e. The molecule has 0 spiro atoms. The zero-order valence-corrected chi connectivity index (χ0v) is 21.3. The standard InChI is InChI=1S/C34H30S/c1-33-20-10-11-21-34(33,2)35-30-19-18-24(22-29(30)33)32-27-16-8-6-14-25(27)31(23-12-4-3-5-13-23)26-15-7-9-17-28(26)32/h3-9,12-19,22H,10-11,20-21H2,1-2H3. The molecule has 1 saturated carbocycles. The zero-order valence-electron chi connectivity index (χ0n) is 20.5. The second-order valence-corrected chi connectivity index (χ2v) is 12.3. The van der Waals surface area contributed by atoms with Crippen molar-refractivity contribution in [1.29, 1.82) is 0 Å². The molecule has 0 aromatic heterocycles. The van der Waals surface area contributed by atoms with Crippen molar-refractivity contribution in [3.8, 4) is 22.3 Å². The van der Waals surface area contributed by atoms with Crippen molar-refractivity contribution in [1.82, 2.24) is 0 Å². The third-order valence-corrected chi connectivity index (χ3v) is 10.6. The highest BCUT2D eigenvalue weighted by Crippen LogP contribution is 2.63. The van der Waals surface area contributed by atoms with Crippen LogP contribution < -0.4 is 0 Å². The van der Waals surface area contributed by atoms with Crippen molar-refractivity contribution < 1.29 is 0 Å². The van der Waals surface area contributed by atoms with Gasteiger partial charge in [0.2, 0.25) is 0 Å². The van der Waals surface area contributed by atoms with Crippen LogP contribution in [0, 0.1) is 0 Å². The van der Waals surface area contributed by atoms with Gasteiger partial charge < -0.3 is 0 Å². The molecule has 35 heavy (non-hydrogen) atoms. The fraction of sp³-hybridized carbons (Fsp3) is 0.235. The molecule has 0 radical (unpaired) electrons. The highest BCUT2D eigenvalue weighted by atomic mass is 32.2. The number of thioether (sulfide) groups is 1. The number of hydrogen-bond acceptors (Lipinski definition) is 1. The second kappa shape index (κ2) is 7.73. The van der Waals surface area contributed by atoms with Crippen molar-refractivity contribution in [3.63, 3.8) is 0 Å². The van der Waals surface area contributed by atoms with Crippen molar-refractivity contribution >= 4 is 33.3 Å². The highest BCUT2D eigenvalue weighted by Gasteiger charge is 2.53. The van der Waals surface area contributed by atoms with Crippen LogP contribution in [0.1, 0.15) is 45.1 Å². The van der Waals surface area contributed by atoms with Gasteiger partial charge in [-0.25, -0.2) is 0 Å². The molecule has 1 heteroatoms. The maximum Gasteiger partial charge on any atom is 0.0273 e. The van der Waals surface area contributed by atoms with E-state index >= 15 is 0 Å². The van der Waals surface area contributed by atoms with Crippen molar-refractivity contribution in [3.05, 3.63) is 103 Å². The summed E-state index contributed by atoms with van der Waals surface area (Å²) >= 11 is 2.13. The van der Waals surface area contributed by atoms with Gasteiger partial charge in [-0.2, -0.15) is 0 Å². The third-order valence-electron chi connectivity index (χ3n) is 8.94. The lowest BCUT2D eigenvalue weighted by atomic mass is 9.64. The van der Waals surface area contributed by atoms with E-state index in [1.807, 2.05) is 0 Å². The zero-order chi connectivity index (χ0) is 23.6. The molecule has 172 valence electrons. The van der Waals surface area contributed by atoms with Gasteiger partial charge in [0.25, 0.3) is 0 Å². The van der Waals surface area contributed by atoms with Gasteiger partial charge in [0.05, 0.1) is 0 Å². The molecule has 0 amide bonds. The van der Waals surface area contributed by atoms with Gasteiger partial charge in [0.1, 0.15) is 0 Å². The Morgan fingerprint density at radius 2 is 1.11 bits per heavy atom. The Morgan fingerprint density at radius 3 is 1.74 bits per heavy atom. The topological polar surface area (TPSA) is 0 Å². The van der Waals surface area contributed by atoms with Gasteiger partial charge >= 0.3 is 0 Å². The molecule has 5 aromatic rings. The summed E-state index contributed by atoms with van der Waals surface area (Å²) in [6.07, 6.45) is 5.31. The molecule has 1 aliphatic heterocycles. The lowest BCUT2D eigenvalue weighted by Gasteiger charge is -2.45. The summed E-state index contributed by atoms with van der Waals surface area (Å²) in [6.45, 7) is 5.04. The molecule has 2 unspecified atom stereocenters. The van der Waals surface area contributed by atoms with E-state index in [-0.39, 0.29) is 5.41 Å². The molecule has 0 saturated heterocycles. The lowest BCUT2D eigenvalue weighted by molar-refractivity contribution is 0.260. The molecule has 1 aliphatic carbocycles. The molecule has 5 aromatic carbocycles. The first-order valence-corrected chi connectivity index (χ1v) is 13.7. The van der Waals surface area contributed by atoms with Crippen LogP contribution in [0.25, 0.3) is 43.8 Å². The number of hydrogen-bond donors (Lipinski definition) is 0. The average Bonchev–Trinajstić information content (AvgIpc) is 3.14. The van der Waals surface area contributed by atoms with Gasteiger partial charge in [-0.3, -0.25) is 0 Å². The third kappa shape index (κ3) is 3.01. The van der Waals surface area contributed by atoms with Crippen LogP contribution in [-0.2, 0) is 5.41 Å². The molecule has 7 rings (SSSR count). The number of fused-ring (bicyclic) bond motifs is 5. The van der Waals surface area contributed by atoms with Crippen molar-refractivity contribution in [2.45, 2.75) is 54.6 Å². The number of benzene rings is 5. The monoisotopic (exact) mass is 470 g/mol. The van der Waals surface area contributed by atoms with E-state index in [2.05, 4.69) is 123 Å². The molecule has 2 aliphatic rings. The van der Waals surface area contributed by atoms with Crippen LogP contribution in [0.15, 0.2) is 102 Å². The molecular formula is C34H30S. The van der Waals surface area contributed by atoms with Gasteiger partial charge in [0, 0.05) is 15.1 Å². The SMILES string of the molecule is CC12CCCCC1(C)c1cc(-c3c4ccccc4c(-c4ccccc4)c4ccccc34)ccc1S2. The molecular weight excluding hydrogens is 440 g/mol. The molecule has 2 atom stereocenters. The van der Waals surface area contributed by atoms with E-state index in [1.165, 1.54) is 74.4 Å². The summed E-state index contributed by atoms with van der Waals surface area (Å²) in [7, 11) is 0. The Hall–Kier alpha value is -3.03. The van der Waals surface area contributed by atoms with Gasteiger partial charge in [-0.15, -0.1) is 11.8 Å². The van der Waals surface area contributed by atoms with E-state index in [0.29, 0.717) is 4.75 Å². The Kier molecular flexibility index (Phi) is 4.70. The molecule has 0 N–H and O–H groups in total. The highest BCUT2D eigenvalue weighted by molar-refractivity contribution is 8.01. The Morgan fingerprint density at radius 1 is 0.571 bits per heavy atom. The normalized spacial score (nSPS) is 23.4. The van der Waals surface area contributed by atoms with Crippen LogP contribution in [0.3, 0.4) is 0 Å². The van der Waals surface area contributed by atoms with Crippen molar-refractivity contribution in [2.24, 2.45) is 0 Å². The summed E-state index contributed by atoms with van der Waals surface area (Å²) in [4.78, 5) is 1.50. The predicted octanol–water partition coefficient (Wildman–Crippen LogP) is 10.0. The van der Waals surface area contributed by atoms with Crippen LogP contribution in [0.4, 0.5) is 0 Å². The van der Waals surface area contributed by atoms with Crippen LogP contribution >= 0.6 is 11.8 Å². The number of rotatable bonds is 2. The van der Waals surface area contributed by atoms with E-state index in [0.717, 1.165) is 0 Å². The second-order valence-electron chi connectivity index (χ2n) is 10.8. The summed E-state index contributed by atoms with van der Waals surface area (Å²) in [6, 6.07) is 36.2. The Balaban J connectivity index is 1.54. The fourth-order valence-corrected chi connectivity index (χ4v) is 8.57. The Labute approximate surface area is 212 Å². The first kappa shape index (κ1) is 21.3. The van der Waals surface area contributed by atoms with E-state index < -0.39 is 0 Å². The maximum absolute atomic E-state index is 2.55. The first-order valence-electron chi connectivity index (χ1n) is 12.9. The quantitative estimate of drug-likeness (QED) is 0.231. The van der Waals surface area contributed by atoms with E-state index in [4.69, 9.17) is 0 Å². The van der Waals surface area contributed by atoms with E-state index in [1.54, 1.807) is 5.56 Å². The maximum atomic E-state index is 2.55. The molecule has 0 bridgehead atoms. The first-order chi connectivity index (χ1) is 17.1. The van der Waals surface area contributed by atoms with Crippen LogP contribution in [0.5, 0.6) is 0 Å². The van der Waals surface area contributed by atoms with E-state index in [9.17, 15) is 0 Å². The smallest absolute Gasteiger partial charge is 0.0273 e. The minimum absolute atomic E-state index is 0.247. The molecule has 1 heterocycles. The summed E-state index contributed by atoms with van der Waals surface area (Å²) < 4.78 is 0.313. The van der Waals surface area contributed by atoms with Gasteiger partial charge in [-0.05, 0) is 81.3 Å². The van der Waals surface area contributed by atoms with Crippen LogP contribution in [-0.4, -0.2) is 4.75 Å². The minimum atomic E-state index is 0.247.